The molecule has 18 heavy (non-hydrogen) atoms. The number of hydrogen-bond donors (Lipinski definition) is 1. The number of alkyl halides is 3. The van der Waals surface area contributed by atoms with Gasteiger partial charge < -0.3 is 0 Å². The molecule has 0 radical (unpaired) electrons. The van der Waals surface area contributed by atoms with E-state index in [1.807, 2.05) is 0 Å². The third-order valence-electron chi connectivity index (χ3n) is 2.20. The van der Waals surface area contributed by atoms with Crippen LogP contribution in [0.4, 0.5) is 13.2 Å². The molecule has 0 aliphatic carbocycles. The molecule has 0 amide bonds. The van der Waals surface area contributed by atoms with Gasteiger partial charge in [0.15, 0.2) is 0 Å². The van der Waals surface area contributed by atoms with Crippen LogP contribution in [0.5, 0.6) is 0 Å². The highest BCUT2D eigenvalue weighted by Crippen LogP contribution is 2.21. The predicted molar refractivity (Wildman–Crippen MR) is 65.7 cm³/mol. The number of hydrogen-bond acceptors (Lipinski definition) is 3. The standard InChI is InChI=1S/C12H14F3N3/c1-9(17-18-16-2)7-10-3-5-11(6-4-10)8-12(13,14)15/h3-6,18H,2,7-8H2,1H3/b17-9+. The van der Waals surface area contributed by atoms with E-state index in [2.05, 4.69) is 22.5 Å². The number of nitrogens with one attached hydrogen (secondary N) is 1. The van der Waals surface area contributed by atoms with Gasteiger partial charge in [-0.25, -0.2) is 0 Å². The molecule has 0 fully saturated rings. The van der Waals surface area contributed by atoms with Gasteiger partial charge in [-0.1, -0.05) is 24.3 Å². The minimum atomic E-state index is -4.17. The van der Waals surface area contributed by atoms with Crippen molar-refractivity contribution in [1.29, 1.82) is 0 Å². The highest BCUT2D eigenvalue weighted by Gasteiger charge is 2.27. The maximum Gasteiger partial charge on any atom is 0.393 e. The van der Waals surface area contributed by atoms with Crippen LogP contribution in [-0.4, -0.2) is 18.6 Å². The fourth-order valence-corrected chi connectivity index (χ4v) is 1.46. The van der Waals surface area contributed by atoms with Crippen LogP contribution >= 0.6 is 0 Å². The summed E-state index contributed by atoms with van der Waals surface area (Å²) in [7, 11) is 0. The topological polar surface area (TPSA) is 36.8 Å². The van der Waals surface area contributed by atoms with Gasteiger partial charge in [0, 0.05) is 18.9 Å². The van der Waals surface area contributed by atoms with Crippen molar-refractivity contribution >= 4 is 12.4 Å². The molecule has 0 heterocycles. The largest absolute Gasteiger partial charge is 0.393 e. The lowest BCUT2D eigenvalue weighted by molar-refractivity contribution is -0.127. The summed E-state index contributed by atoms with van der Waals surface area (Å²) in [5.74, 6) is 0. The van der Waals surface area contributed by atoms with Crippen molar-refractivity contribution < 1.29 is 13.2 Å². The van der Waals surface area contributed by atoms with E-state index < -0.39 is 12.6 Å². The molecule has 0 saturated carbocycles. The minimum Gasteiger partial charge on any atom is -0.199 e. The molecule has 0 saturated heterocycles. The van der Waals surface area contributed by atoms with E-state index in [-0.39, 0.29) is 5.56 Å². The molecule has 1 rings (SSSR count). The lowest BCUT2D eigenvalue weighted by atomic mass is 10.1. The smallest absolute Gasteiger partial charge is 0.199 e. The zero-order valence-corrected chi connectivity index (χ0v) is 9.96. The fourth-order valence-electron chi connectivity index (χ4n) is 1.46. The molecule has 0 bridgehead atoms. The molecule has 0 aliphatic heterocycles. The molecular formula is C12H14F3N3. The Morgan fingerprint density at radius 1 is 1.22 bits per heavy atom. The number of rotatable bonds is 5. The molecule has 0 aromatic heterocycles. The molecule has 0 spiro atoms. The predicted octanol–water partition coefficient (Wildman–Crippen LogP) is 2.92. The number of nitrogens with zero attached hydrogens (tertiary/aromatic N) is 2. The van der Waals surface area contributed by atoms with E-state index in [4.69, 9.17) is 0 Å². The zero-order valence-electron chi connectivity index (χ0n) is 9.96. The van der Waals surface area contributed by atoms with Gasteiger partial charge in [0.05, 0.1) is 6.42 Å². The summed E-state index contributed by atoms with van der Waals surface area (Å²) in [6.07, 6.45) is -4.52. The summed E-state index contributed by atoms with van der Waals surface area (Å²) in [4.78, 5) is 0. The minimum absolute atomic E-state index is 0.256. The first-order chi connectivity index (χ1) is 8.40. The Morgan fingerprint density at radius 3 is 2.28 bits per heavy atom. The van der Waals surface area contributed by atoms with Crippen LogP contribution in [0.25, 0.3) is 0 Å². The summed E-state index contributed by atoms with van der Waals surface area (Å²) in [6, 6.07) is 6.30. The molecule has 0 atom stereocenters. The highest BCUT2D eigenvalue weighted by atomic mass is 19.4. The van der Waals surface area contributed by atoms with Gasteiger partial charge in [-0.15, -0.1) is 0 Å². The molecule has 1 aromatic rings. The average Bonchev–Trinajstić information content (AvgIpc) is 2.27. The zero-order chi connectivity index (χ0) is 13.6. The van der Waals surface area contributed by atoms with Crippen LogP contribution < -0.4 is 5.53 Å². The van der Waals surface area contributed by atoms with E-state index in [1.165, 1.54) is 12.1 Å². The maximum absolute atomic E-state index is 12.1. The van der Waals surface area contributed by atoms with E-state index in [9.17, 15) is 13.2 Å². The second-order valence-corrected chi connectivity index (χ2v) is 3.89. The summed E-state index contributed by atoms with van der Waals surface area (Å²) in [5.41, 5.74) is 4.29. The lowest BCUT2D eigenvalue weighted by Crippen LogP contribution is -2.11. The van der Waals surface area contributed by atoms with Gasteiger partial charge in [-0.05, 0) is 18.1 Å². The van der Waals surface area contributed by atoms with E-state index in [0.29, 0.717) is 6.42 Å². The summed E-state index contributed by atoms with van der Waals surface area (Å²) in [5, 5.41) is 7.24. The van der Waals surface area contributed by atoms with Gasteiger partial charge in [0.25, 0.3) is 0 Å². The highest BCUT2D eigenvalue weighted by molar-refractivity contribution is 5.83. The molecule has 1 N–H and O–H groups in total. The Morgan fingerprint density at radius 2 is 1.78 bits per heavy atom. The number of hydrazone groups is 2. The Balaban J connectivity index is 2.63. The Hall–Kier alpha value is -1.85. The van der Waals surface area contributed by atoms with Crippen LogP contribution in [0.2, 0.25) is 0 Å². The molecule has 0 aliphatic rings. The van der Waals surface area contributed by atoms with Crippen molar-refractivity contribution in [3.63, 3.8) is 0 Å². The third-order valence-corrected chi connectivity index (χ3v) is 2.20. The SMILES string of the molecule is C=NN/N=C(\C)Cc1ccc(CC(F)(F)F)cc1. The van der Waals surface area contributed by atoms with Crippen molar-refractivity contribution in [3.8, 4) is 0 Å². The van der Waals surface area contributed by atoms with Crippen molar-refractivity contribution in [1.82, 2.24) is 5.53 Å². The molecular weight excluding hydrogens is 243 g/mol. The molecule has 98 valence electrons. The van der Waals surface area contributed by atoms with Gasteiger partial charge in [0.2, 0.25) is 0 Å². The Labute approximate surface area is 103 Å². The summed E-state index contributed by atoms with van der Waals surface area (Å²) in [6.45, 7) is 5.00. The van der Waals surface area contributed by atoms with Gasteiger partial charge in [-0.3, -0.25) is 0 Å². The first kappa shape index (κ1) is 14.2. The van der Waals surface area contributed by atoms with Crippen LogP contribution in [0.3, 0.4) is 0 Å². The first-order valence-electron chi connectivity index (χ1n) is 5.29. The molecule has 3 nitrogen and oxygen atoms in total. The van der Waals surface area contributed by atoms with Gasteiger partial charge in [-0.2, -0.15) is 28.9 Å². The average molecular weight is 257 g/mol. The van der Waals surface area contributed by atoms with Crippen LogP contribution in [-0.2, 0) is 12.8 Å². The van der Waals surface area contributed by atoms with E-state index in [1.54, 1.807) is 19.1 Å². The normalized spacial score (nSPS) is 12.3. The molecule has 1 aromatic carbocycles. The van der Waals surface area contributed by atoms with Crippen molar-refractivity contribution in [2.45, 2.75) is 25.9 Å². The van der Waals surface area contributed by atoms with Crippen molar-refractivity contribution in [2.24, 2.45) is 10.2 Å². The second-order valence-electron chi connectivity index (χ2n) is 3.89. The monoisotopic (exact) mass is 257 g/mol. The summed E-state index contributed by atoms with van der Waals surface area (Å²) < 4.78 is 36.4. The van der Waals surface area contributed by atoms with Crippen LogP contribution in [0, 0.1) is 0 Å². The first-order valence-corrected chi connectivity index (χ1v) is 5.29. The number of benzene rings is 1. The Kier molecular flexibility index (Phi) is 4.88. The van der Waals surface area contributed by atoms with Gasteiger partial charge >= 0.3 is 6.18 Å². The second kappa shape index (κ2) is 6.18. The fraction of sp³-hybridized carbons (Fsp3) is 0.333. The number of halogens is 3. The molecule has 0 unspecified atom stereocenters. The van der Waals surface area contributed by atoms with E-state index >= 15 is 0 Å². The van der Waals surface area contributed by atoms with Crippen molar-refractivity contribution in [3.05, 3.63) is 35.4 Å². The van der Waals surface area contributed by atoms with Crippen LogP contribution in [0.1, 0.15) is 18.1 Å². The quantitative estimate of drug-likeness (QED) is 0.639. The lowest BCUT2D eigenvalue weighted by Gasteiger charge is -2.07. The van der Waals surface area contributed by atoms with Gasteiger partial charge in [0.1, 0.15) is 0 Å². The third kappa shape index (κ3) is 5.47. The Bertz CT molecular complexity index is 421. The van der Waals surface area contributed by atoms with Crippen LogP contribution in [0.15, 0.2) is 34.5 Å². The van der Waals surface area contributed by atoms with E-state index in [0.717, 1.165) is 11.3 Å². The maximum atomic E-state index is 12.1. The summed E-state index contributed by atoms with van der Waals surface area (Å²) >= 11 is 0. The molecule has 6 heteroatoms. The van der Waals surface area contributed by atoms with Crippen molar-refractivity contribution in [2.75, 3.05) is 0 Å².